The summed E-state index contributed by atoms with van der Waals surface area (Å²) in [5, 5.41) is 6.16. The molecule has 18 heavy (non-hydrogen) atoms. The van der Waals surface area contributed by atoms with Crippen LogP contribution in [0, 0.1) is 5.41 Å². The lowest BCUT2D eigenvalue weighted by Gasteiger charge is -2.40. The van der Waals surface area contributed by atoms with Gasteiger partial charge in [-0.15, -0.1) is 0 Å². The summed E-state index contributed by atoms with van der Waals surface area (Å²) in [6, 6.07) is 0. The van der Waals surface area contributed by atoms with E-state index in [2.05, 4.69) is 29.5 Å². The third kappa shape index (κ3) is 2.66. The van der Waals surface area contributed by atoms with E-state index in [4.69, 9.17) is 4.74 Å². The van der Waals surface area contributed by atoms with Crippen molar-refractivity contribution in [2.24, 2.45) is 10.4 Å². The van der Waals surface area contributed by atoms with Gasteiger partial charge < -0.3 is 10.1 Å². The first-order valence-electron chi connectivity index (χ1n) is 6.61. The van der Waals surface area contributed by atoms with Crippen molar-refractivity contribution < 1.29 is 9.53 Å². The van der Waals surface area contributed by atoms with Crippen LogP contribution in [-0.4, -0.2) is 37.7 Å². The minimum absolute atomic E-state index is 0.0754. The van der Waals surface area contributed by atoms with Crippen molar-refractivity contribution >= 4 is 11.9 Å². The van der Waals surface area contributed by atoms with Crippen LogP contribution in [0.3, 0.4) is 0 Å². The first-order chi connectivity index (χ1) is 8.47. The first-order valence-corrected chi connectivity index (χ1v) is 6.61. The van der Waals surface area contributed by atoms with E-state index in [0.717, 1.165) is 19.3 Å². The topological polar surface area (TPSA) is 62.7 Å². The molecule has 1 aliphatic heterocycles. The van der Waals surface area contributed by atoms with Crippen molar-refractivity contribution in [1.29, 1.82) is 0 Å². The molecule has 0 aromatic rings. The van der Waals surface area contributed by atoms with Crippen LogP contribution in [-0.2, 0) is 9.53 Å². The van der Waals surface area contributed by atoms with Crippen molar-refractivity contribution in [3.8, 4) is 0 Å². The SMILES string of the molecule is COCCN=C1NC(=O)C2(CCCC(C)(C)C2)N1. The van der Waals surface area contributed by atoms with Gasteiger partial charge in [-0.25, -0.2) is 0 Å². The lowest BCUT2D eigenvalue weighted by molar-refractivity contribution is -0.126. The summed E-state index contributed by atoms with van der Waals surface area (Å²) in [6.07, 6.45) is 4.03. The van der Waals surface area contributed by atoms with Crippen LogP contribution in [0.1, 0.15) is 39.5 Å². The average molecular weight is 253 g/mol. The number of carbonyl (C=O) groups is 1. The number of hydrogen-bond donors (Lipinski definition) is 2. The standard InChI is InChI=1S/C13H23N3O2/c1-12(2)5-4-6-13(9-12)10(17)15-11(16-13)14-7-8-18-3/h4-9H2,1-3H3,(H2,14,15,16,17). The summed E-state index contributed by atoms with van der Waals surface area (Å²) in [6.45, 7) is 5.59. The third-order valence-electron chi connectivity index (χ3n) is 3.83. The second kappa shape index (κ2) is 4.88. The molecule has 1 saturated heterocycles. The molecule has 1 atom stereocenters. The maximum absolute atomic E-state index is 12.2. The van der Waals surface area contributed by atoms with E-state index in [0.29, 0.717) is 19.1 Å². The Labute approximate surface area is 108 Å². The number of hydrogen-bond acceptors (Lipinski definition) is 3. The summed E-state index contributed by atoms with van der Waals surface area (Å²) < 4.78 is 4.95. The van der Waals surface area contributed by atoms with Crippen molar-refractivity contribution in [1.82, 2.24) is 10.6 Å². The fourth-order valence-corrected chi connectivity index (χ4v) is 3.03. The van der Waals surface area contributed by atoms with Gasteiger partial charge >= 0.3 is 0 Å². The van der Waals surface area contributed by atoms with Crippen molar-refractivity contribution in [2.75, 3.05) is 20.3 Å². The molecule has 2 N–H and O–H groups in total. The van der Waals surface area contributed by atoms with Gasteiger partial charge in [0.1, 0.15) is 5.54 Å². The molecule has 2 fully saturated rings. The van der Waals surface area contributed by atoms with E-state index >= 15 is 0 Å². The summed E-state index contributed by atoms with van der Waals surface area (Å²) in [5.74, 6) is 0.682. The second-order valence-corrected chi connectivity index (χ2v) is 6.08. The number of aliphatic imine (C=N–C) groups is 1. The molecule has 2 aliphatic rings. The molecule has 0 radical (unpaired) electrons. The predicted octanol–water partition coefficient (Wildman–Crippen LogP) is 1.05. The quantitative estimate of drug-likeness (QED) is 0.739. The predicted molar refractivity (Wildman–Crippen MR) is 70.4 cm³/mol. The van der Waals surface area contributed by atoms with E-state index in [-0.39, 0.29) is 11.3 Å². The number of amides is 1. The maximum Gasteiger partial charge on any atom is 0.252 e. The van der Waals surface area contributed by atoms with Crippen LogP contribution in [0.4, 0.5) is 0 Å². The van der Waals surface area contributed by atoms with Crippen LogP contribution < -0.4 is 10.6 Å². The number of guanidine groups is 1. The van der Waals surface area contributed by atoms with Gasteiger partial charge in [-0.05, 0) is 24.7 Å². The first kappa shape index (κ1) is 13.3. The summed E-state index contributed by atoms with van der Waals surface area (Å²) >= 11 is 0. The van der Waals surface area contributed by atoms with E-state index in [1.54, 1.807) is 7.11 Å². The molecule has 0 aromatic heterocycles. The minimum Gasteiger partial charge on any atom is -0.383 e. The largest absolute Gasteiger partial charge is 0.383 e. The zero-order valence-corrected chi connectivity index (χ0v) is 11.5. The zero-order chi connectivity index (χ0) is 13.2. The van der Waals surface area contributed by atoms with Gasteiger partial charge in [-0.3, -0.25) is 15.1 Å². The summed E-state index contributed by atoms with van der Waals surface area (Å²) in [4.78, 5) is 16.5. The van der Waals surface area contributed by atoms with E-state index in [1.165, 1.54) is 6.42 Å². The number of methoxy groups -OCH3 is 1. The van der Waals surface area contributed by atoms with Crippen molar-refractivity contribution in [2.45, 2.75) is 45.1 Å². The molecule has 0 bridgehead atoms. The van der Waals surface area contributed by atoms with Crippen LogP contribution in [0.5, 0.6) is 0 Å². The Balaban J connectivity index is 2.06. The van der Waals surface area contributed by atoms with Gasteiger partial charge in [-0.2, -0.15) is 0 Å². The molecule has 0 aromatic carbocycles. The molecule has 1 heterocycles. The highest BCUT2D eigenvalue weighted by Crippen LogP contribution is 2.42. The molecule has 1 amide bonds. The molecule has 1 unspecified atom stereocenters. The summed E-state index contributed by atoms with van der Waals surface area (Å²) in [5.41, 5.74) is -0.224. The highest BCUT2D eigenvalue weighted by Gasteiger charge is 2.49. The monoisotopic (exact) mass is 253 g/mol. The van der Waals surface area contributed by atoms with Crippen LogP contribution in [0.15, 0.2) is 4.99 Å². The molecule has 1 spiro atoms. The Kier molecular flexibility index (Phi) is 3.61. The number of nitrogens with zero attached hydrogens (tertiary/aromatic N) is 1. The van der Waals surface area contributed by atoms with Crippen LogP contribution >= 0.6 is 0 Å². The van der Waals surface area contributed by atoms with Crippen LogP contribution in [0.2, 0.25) is 0 Å². The molecule has 102 valence electrons. The minimum atomic E-state index is -0.437. The Hall–Kier alpha value is -1.10. The average Bonchev–Trinajstić information content (AvgIpc) is 2.54. The van der Waals surface area contributed by atoms with Gasteiger partial charge in [0.25, 0.3) is 5.91 Å². The molecule has 5 nitrogen and oxygen atoms in total. The van der Waals surface area contributed by atoms with Gasteiger partial charge in [0.2, 0.25) is 0 Å². The van der Waals surface area contributed by atoms with Gasteiger partial charge in [-0.1, -0.05) is 20.3 Å². The van der Waals surface area contributed by atoms with Crippen LogP contribution in [0.25, 0.3) is 0 Å². The Morgan fingerprint density at radius 3 is 2.83 bits per heavy atom. The lowest BCUT2D eigenvalue weighted by Crippen LogP contribution is -2.52. The molecular weight excluding hydrogens is 230 g/mol. The smallest absolute Gasteiger partial charge is 0.252 e. The number of nitrogens with one attached hydrogen (secondary N) is 2. The molecule has 1 aliphatic carbocycles. The normalized spacial score (nSPS) is 32.6. The third-order valence-corrected chi connectivity index (χ3v) is 3.83. The maximum atomic E-state index is 12.2. The van der Waals surface area contributed by atoms with E-state index < -0.39 is 5.54 Å². The van der Waals surface area contributed by atoms with Crippen molar-refractivity contribution in [3.05, 3.63) is 0 Å². The highest BCUT2D eigenvalue weighted by molar-refractivity contribution is 6.09. The number of carbonyl (C=O) groups excluding carboxylic acids is 1. The van der Waals surface area contributed by atoms with Gasteiger partial charge in [0, 0.05) is 7.11 Å². The van der Waals surface area contributed by atoms with E-state index in [1.807, 2.05) is 0 Å². The molecule has 1 saturated carbocycles. The Morgan fingerprint density at radius 1 is 1.39 bits per heavy atom. The fraction of sp³-hybridized carbons (Fsp3) is 0.846. The molecule has 5 heteroatoms. The summed E-state index contributed by atoms with van der Waals surface area (Å²) in [7, 11) is 1.64. The number of rotatable bonds is 3. The Bertz CT molecular complexity index is 365. The van der Waals surface area contributed by atoms with Gasteiger partial charge in [0.15, 0.2) is 5.96 Å². The van der Waals surface area contributed by atoms with Crippen molar-refractivity contribution in [3.63, 3.8) is 0 Å². The lowest BCUT2D eigenvalue weighted by atomic mass is 9.68. The van der Waals surface area contributed by atoms with Gasteiger partial charge in [0.05, 0.1) is 13.2 Å². The van der Waals surface area contributed by atoms with E-state index in [9.17, 15) is 4.79 Å². The Morgan fingerprint density at radius 2 is 2.17 bits per heavy atom. The fourth-order valence-electron chi connectivity index (χ4n) is 3.03. The molecular formula is C13H23N3O2. The molecule has 2 rings (SSSR count). The highest BCUT2D eigenvalue weighted by atomic mass is 16.5. The number of ether oxygens (including phenoxy) is 1. The second-order valence-electron chi connectivity index (χ2n) is 6.08. The zero-order valence-electron chi connectivity index (χ0n) is 11.5.